The molecule has 9 heteroatoms. The van der Waals surface area contributed by atoms with Gasteiger partial charge in [-0.05, 0) is 42.3 Å². The predicted molar refractivity (Wildman–Crippen MR) is 119 cm³/mol. The van der Waals surface area contributed by atoms with Gasteiger partial charge in [0.15, 0.2) is 5.82 Å². The minimum absolute atomic E-state index is 0.248. The van der Waals surface area contributed by atoms with Crippen LogP contribution in [0.15, 0.2) is 60.9 Å². The summed E-state index contributed by atoms with van der Waals surface area (Å²) in [5.41, 5.74) is 2.72. The Bertz CT molecular complexity index is 1200. The Kier molecular flexibility index (Phi) is 6.43. The van der Waals surface area contributed by atoms with Crippen molar-refractivity contribution in [2.45, 2.75) is 6.92 Å². The number of hydrogen-bond donors (Lipinski definition) is 2. The van der Waals surface area contributed by atoms with E-state index in [1.807, 2.05) is 13.0 Å². The monoisotopic (exact) mass is 427 g/mol. The van der Waals surface area contributed by atoms with Crippen molar-refractivity contribution in [2.24, 2.45) is 5.14 Å². The second-order valence-corrected chi connectivity index (χ2v) is 9.02. The standard InChI is InChI=1S/C21H22FN5O2S/c1-14(2)11-29-19-10-16(22)7-8-18(19)20-24-13-25-21(27-20)26-17-6-4-5-15(9-17)12-30(3,23)28/h4-10,12-13H,1,11H2,2-3H3,(H2,23,28)(H,24,25,26,27). The maximum absolute atomic E-state index is 13.7. The molecule has 30 heavy (non-hydrogen) atoms. The van der Waals surface area contributed by atoms with Crippen molar-refractivity contribution in [3.63, 3.8) is 0 Å². The SMILES string of the molecule is C=C(C)COc1cc(F)ccc1-c1ncnc(Nc2cccc(C=S(C)(N)=O)c2)n1. The highest BCUT2D eigenvalue weighted by atomic mass is 32.2. The number of benzene rings is 2. The first-order chi connectivity index (χ1) is 14.2. The molecule has 1 unspecified atom stereocenters. The van der Waals surface area contributed by atoms with Crippen LogP contribution in [0.1, 0.15) is 12.5 Å². The van der Waals surface area contributed by atoms with Crippen LogP contribution in [0, 0.1) is 5.82 Å². The fraction of sp³-hybridized carbons (Fsp3) is 0.143. The van der Waals surface area contributed by atoms with Gasteiger partial charge in [-0.1, -0.05) is 18.7 Å². The van der Waals surface area contributed by atoms with Gasteiger partial charge in [-0.15, -0.1) is 0 Å². The van der Waals surface area contributed by atoms with Gasteiger partial charge in [-0.3, -0.25) is 9.35 Å². The maximum atomic E-state index is 13.7. The largest absolute Gasteiger partial charge is 0.488 e. The highest BCUT2D eigenvalue weighted by Crippen LogP contribution is 2.29. The minimum atomic E-state index is -2.52. The van der Waals surface area contributed by atoms with Gasteiger partial charge in [-0.2, -0.15) is 4.98 Å². The molecule has 3 aromatic rings. The van der Waals surface area contributed by atoms with Gasteiger partial charge in [0.05, 0.1) is 5.56 Å². The Hall–Kier alpha value is -3.30. The highest BCUT2D eigenvalue weighted by molar-refractivity contribution is 7.98. The number of rotatable bonds is 7. The molecule has 0 aliphatic heterocycles. The third-order valence-electron chi connectivity index (χ3n) is 3.74. The van der Waals surface area contributed by atoms with Crippen LogP contribution in [0.3, 0.4) is 0 Å². The first kappa shape index (κ1) is 21.4. The number of nitrogens with two attached hydrogens (primary N) is 1. The number of aromatic nitrogens is 3. The first-order valence-electron chi connectivity index (χ1n) is 8.94. The molecule has 0 saturated carbocycles. The van der Waals surface area contributed by atoms with E-state index in [2.05, 4.69) is 26.8 Å². The molecule has 7 nitrogen and oxygen atoms in total. The molecule has 3 N–H and O–H groups in total. The van der Waals surface area contributed by atoms with Crippen LogP contribution >= 0.6 is 0 Å². The molecule has 1 aromatic heterocycles. The molecule has 0 bridgehead atoms. The van der Waals surface area contributed by atoms with Gasteiger partial charge < -0.3 is 10.1 Å². The van der Waals surface area contributed by atoms with E-state index in [1.54, 1.807) is 24.3 Å². The van der Waals surface area contributed by atoms with Gasteiger partial charge in [0.2, 0.25) is 5.95 Å². The van der Waals surface area contributed by atoms with Crippen molar-refractivity contribution in [1.29, 1.82) is 0 Å². The molecule has 0 amide bonds. The number of anilines is 2. The molecule has 0 aliphatic rings. The summed E-state index contributed by atoms with van der Waals surface area (Å²) in [5.74, 6) is 0.499. The van der Waals surface area contributed by atoms with Crippen molar-refractivity contribution in [3.8, 4) is 17.1 Å². The van der Waals surface area contributed by atoms with Crippen LogP contribution in [0.25, 0.3) is 11.4 Å². The Morgan fingerprint density at radius 3 is 2.83 bits per heavy atom. The Morgan fingerprint density at radius 2 is 2.10 bits per heavy atom. The number of ether oxygens (including phenoxy) is 1. The topological polar surface area (TPSA) is 103 Å². The van der Waals surface area contributed by atoms with Gasteiger partial charge >= 0.3 is 0 Å². The summed E-state index contributed by atoms with van der Waals surface area (Å²) in [6.45, 7) is 5.85. The fourth-order valence-corrected chi connectivity index (χ4v) is 3.26. The summed E-state index contributed by atoms with van der Waals surface area (Å²) in [7, 11) is -2.52. The maximum Gasteiger partial charge on any atom is 0.230 e. The third kappa shape index (κ3) is 6.10. The lowest BCUT2D eigenvalue weighted by atomic mass is 10.2. The smallest absolute Gasteiger partial charge is 0.230 e. The zero-order valence-electron chi connectivity index (χ0n) is 16.6. The zero-order valence-corrected chi connectivity index (χ0v) is 17.4. The van der Waals surface area contributed by atoms with E-state index in [4.69, 9.17) is 9.88 Å². The lowest BCUT2D eigenvalue weighted by Gasteiger charge is -2.12. The van der Waals surface area contributed by atoms with E-state index in [9.17, 15) is 8.60 Å². The van der Waals surface area contributed by atoms with Crippen LogP contribution in [0.5, 0.6) is 5.75 Å². The van der Waals surface area contributed by atoms with Gasteiger partial charge in [0.25, 0.3) is 0 Å². The molecule has 1 heterocycles. The molecule has 0 saturated heterocycles. The first-order valence-corrected chi connectivity index (χ1v) is 11.0. The summed E-state index contributed by atoms with van der Waals surface area (Å²) < 4.78 is 31.2. The molecule has 0 aliphatic carbocycles. The molecule has 2 aromatic carbocycles. The Balaban J connectivity index is 1.90. The predicted octanol–water partition coefficient (Wildman–Crippen LogP) is 3.31. The van der Waals surface area contributed by atoms with Crippen LogP contribution in [-0.2, 0) is 9.71 Å². The van der Waals surface area contributed by atoms with Gasteiger partial charge in [0, 0.05) is 33.1 Å². The van der Waals surface area contributed by atoms with Crippen LogP contribution in [0.2, 0.25) is 0 Å². The quantitative estimate of drug-likeness (QED) is 0.443. The normalized spacial score (nSPS) is 12.7. The number of hydrogen-bond acceptors (Lipinski definition) is 6. The Labute approximate surface area is 175 Å². The van der Waals surface area contributed by atoms with Gasteiger partial charge in [0.1, 0.15) is 24.5 Å². The van der Waals surface area contributed by atoms with Crippen molar-refractivity contribution in [1.82, 2.24) is 15.0 Å². The molecule has 0 fully saturated rings. The molecule has 0 spiro atoms. The highest BCUT2D eigenvalue weighted by Gasteiger charge is 2.12. The van der Waals surface area contributed by atoms with E-state index >= 15 is 0 Å². The minimum Gasteiger partial charge on any atom is -0.488 e. The van der Waals surface area contributed by atoms with E-state index in [0.717, 1.165) is 5.57 Å². The molecule has 0 radical (unpaired) electrons. The van der Waals surface area contributed by atoms with Crippen molar-refractivity contribution < 1.29 is 13.3 Å². The lowest BCUT2D eigenvalue weighted by Crippen LogP contribution is -2.13. The second kappa shape index (κ2) is 9.02. The van der Waals surface area contributed by atoms with E-state index in [-0.39, 0.29) is 12.6 Å². The summed E-state index contributed by atoms with van der Waals surface area (Å²) in [4.78, 5) is 12.7. The third-order valence-corrected chi connectivity index (χ3v) is 4.48. The summed E-state index contributed by atoms with van der Waals surface area (Å²) in [6.07, 6.45) is 2.81. The van der Waals surface area contributed by atoms with E-state index in [1.165, 1.54) is 30.1 Å². The summed E-state index contributed by atoms with van der Waals surface area (Å²) in [6, 6.07) is 11.3. The lowest BCUT2D eigenvalue weighted by molar-refractivity contribution is 0.352. The van der Waals surface area contributed by atoms with Crippen molar-refractivity contribution >= 4 is 26.7 Å². The molecule has 156 valence electrons. The molecular weight excluding hydrogens is 405 g/mol. The summed E-state index contributed by atoms with van der Waals surface area (Å²) in [5, 5.41) is 10.2. The van der Waals surface area contributed by atoms with Crippen LogP contribution < -0.4 is 15.2 Å². The number of halogens is 1. The van der Waals surface area contributed by atoms with Gasteiger partial charge in [-0.25, -0.2) is 14.4 Å². The van der Waals surface area contributed by atoms with Crippen LogP contribution in [0.4, 0.5) is 16.0 Å². The average Bonchev–Trinajstić information content (AvgIpc) is 2.65. The van der Waals surface area contributed by atoms with Crippen LogP contribution in [-0.4, -0.2) is 37.4 Å². The van der Waals surface area contributed by atoms with Crippen molar-refractivity contribution in [3.05, 3.63) is 72.3 Å². The van der Waals surface area contributed by atoms with E-state index in [0.29, 0.717) is 28.4 Å². The molecular formula is C21H22FN5O2S. The van der Waals surface area contributed by atoms with E-state index < -0.39 is 15.5 Å². The second-order valence-electron chi connectivity index (χ2n) is 6.85. The average molecular weight is 428 g/mol. The number of nitrogens with zero attached hydrogens (tertiary/aromatic N) is 3. The Morgan fingerprint density at radius 1 is 1.30 bits per heavy atom. The summed E-state index contributed by atoms with van der Waals surface area (Å²) >= 11 is 0. The fourth-order valence-electron chi connectivity index (χ4n) is 2.58. The molecule has 3 rings (SSSR count). The molecule has 1 atom stereocenters. The zero-order chi connectivity index (χ0) is 21.7. The number of nitrogens with one attached hydrogen (secondary N) is 1. The van der Waals surface area contributed by atoms with Crippen molar-refractivity contribution in [2.75, 3.05) is 18.2 Å².